The molecular weight excluding hydrogens is 331 g/mol. The van der Waals surface area contributed by atoms with Crippen LogP contribution in [0.4, 0.5) is 4.39 Å². The van der Waals surface area contributed by atoms with Crippen molar-refractivity contribution in [2.75, 3.05) is 14.2 Å². The Morgan fingerprint density at radius 3 is 2.40 bits per heavy atom. The van der Waals surface area contributed by atoms with Crippen molar-refractivity contribution in [3.05, 3.63) is 38.5 Å². The third-order valence-corrected chi connectivity index (χ3v) is 3.41. The van der Waals surface area contributed by atoms with Gasteiger partial charge in [0.05, 0.1) is 19.9 Å². The Bertz CT molecular complexity index is 715. The number of nitrogens with zero attached hydrogens (tertiary/aromatic N) is 1. The van der Waals surface area contributed by atoms with Crippen molar-refractivity contribution in [3.8, 4) is 22.9 Å². The van der Waals surface area contributed by atoms with Gasteiger partial charge in [0, 0.05) is 10.0 Å². The Balaban J connectivity index is 2.67. The molecule has 0 amide bonds. The third-order valence-electron chi connectivity index (χ3n) is 2.76. The Morgan fingerprint density at radius 2 is 1.85 bits per heavy atom. The Labute approximate surface area is 122 Å². The van der Waals surface area contributed by atoms with Gasteiger partial charge in [-0.25, -0.2) is 4.98 Å². The fourth-order valence-corrected chi connectivity index (χ4v) is 2.24. The Morgan fingerprint density at radius 1 is 1.25 bits per heavy atom. The Hall–Kier alpha value is -1.89. The lowest BCUT2D eigenvalue weighted by Gasteiger charge is -2.11. The number of rotatable bonds is 3. The van der Waals surface area contributed by atoms with E-state index in [0.717, 1.165) is 0 Å². The number of aromatic amines is 1. The van der Waals surface area contributed by atoms with Gasteiger partial charge in [-0.1, -0.05) is 0 Å². The van der Waals surface area contributed by atoms with Crippen LogP contribution in [0.3, 0.4) is 0 Å². The molecule has 0 atom stereocenters. The minimum absolute atomic E-state index is 0.0328. The minimum atomic E-state index is -0.884. The van der Waals surface area contributed by atoms with Crippen LogP contribution in [0, 0.1) is 12.7 Å². The van der Waals surface area contributed by atoms with Crippen molar-refractivity contribution in [2.24, 2.45) is 0 Å². The standard InChI is InChI=1S/C13H12BrFN2O3/c1-6-11(15)13(18)17-12(16-6)7-4-9(19-2)10(20-3)5-8(7)14/h4-5H,1-3H3,(H,16,17,18). The van der Waals surface area contributed by atoms with Gasteiger partial charge in [0.1, 0.15) is 5.82 Å². The number of ether oxygens (including phenoxy) is 2. The molecule has 1 N–H and O–H groups in total. The number of hydrogen-bond acceptors (Lipinski definition) is 4. The predicted molar refractivity (Wildman–Crippen MR) is 75.8 cm³/mol. The van der Waals surface area contributed by atoms with Crippen LogP contribution in [-0.2, 0) is 0 Å². The van der Waals surface area contributed by atoms with Crippen molar-refractivity contribution in [3.63, 3.8) is 0 Å². The first-order valence-electron chi connectivity index (χ1n) is 5.66. The molecule has 2 rings (SSSR count). The highest BCUT2D eigenvalue weighted by molar-refractivity contribution is 9.10. The highest BCUT2D eigenvalue weighted by Gasteiger charge is 2.15. The van der Waals surface area contributed by atoms with Gasteiger partial charge < -0.3 is 14.5 Å². The van der Waals surface area contributed by atoms with E-state index in [4.69, 9.17) is 9.47 Å². The van der Waals surface area contributed by atoms with Crippen LogP contribution in [0.15, 0.2) is 21.4 Å². The van der Waals surface area contributed by atoms with E-state index in [9.17, 15) is 9.18 Å². The van der Waals surface area contributed by atoms with Gasteiger partial charge >= 0.3 is 0 Å². The van der Waals surface area contributed by atoms with Crippen LogP contribution in [0.5, 0.6) is 11.5 Å². The van der Waals surface area contributed by atoms with Crippen LogP contribution in [-0.4, -0.2) is 24.2 Å². The molecule has 0 aliphatic rings. The zero-order valence-electron chi connectivity index (χ0n) is 11.1. The molecule has 0 saturated carbocycles. The summed E-state index contributed by atoms with van der Waals surface area (Å²) in [6.45, 7) is 1.43. The van der Waals surface area contributed by atoms with Crippen molar-refractivity contribution in [1.82, 2.24) is 9.97 Å². The molecule has 7 heteroatoms. The van der Waals surface area contributed by atoms with Gasteiger partial charge in [-0.15, -0.1) is 0 Å². The predicted octanol–water partition coefficient (Wildman–Crippen LogP) is 2.66. The molecule has 0 aliphatic carbocycles. The van der Waals surface area contributed by atoms with Crippen molar-refractivity contribution in [1.29, 1.82) is 0 Å². The van der Waals surface area contributed by atoms with Crippen LogP contribution in [0.1, 0.15) is 5.69 Å². The minimum Gasteiger partial charge on any atom is -0.493 e. The fraction of sp³-hybridized carbons (Fsp3) is 0.231. The molecule has 0 unspecified atom stereocenters. The van der Waals surface area contributed by atoms with Crippen molar-refractivity contribution < 1.29 is 13.9 Å². The van der Waals surface area contributed by atoms with E-state index in [2.05, 4.69) is 25.9 Å². The van der Waals surface area contributed by atoms with E-state index < -0.39 is 11.4 Å². The number of aromatic nitrogens is 2. The highest BCUT2D eigenvalue weighted by Crippen LogP contribution is 2.37. The SMILES string of the molecule is COc1cc(Br)c(-c2nc(C)c(F)c(=O)[nH]2)cc1OC. The van der Waals surface area contributed by atoms with E-state index in [-0.39, 0.29) is 11.5 Å². The smallest absolute Gasteiger partial charge is 0.287 e. The maximum atomic E-state index is 13.3. The largest absolute Gasteiger partial charge is 0.493 e. The van der Waals surface area contributed by atoms with Gasteiger partial charge in [-0.3, -0.25) is 4.79 Å². The molecule has 0 bridgehead atoms. The zero-order valence-corrected chi connectivity index (χ0v) is 12.7. The number of halogens is 2. The number of aryl methyl sites for hydroxylation is 1. The molecular formula is C13H12BrFN2O3. The van der Waals surface area contributed by atoms with Crippen LogP contribution in [0.2, 0.25) is 0 Å². The first-order valence-corrected chi connectivity index (χ1v) is 6.45. The first kappa shape index (κ1) is 14.5. The summed E-state index contributed by atoms with van der Waals surface area (Å²) in [6, 6.07) is 3.34. The molecule has 0 spiro atoms. The Kier molecular flexibility index (Phi) is 4.08. The number of hydrogen-bond donors (Lipinski definition) is 1. The molecule has 0 saturated heterocycles. The summed E-state index contributed by atoms with van der Waals surface area (Å²) < 4.78 is 24.3. The topological polar surface area (TPSA) is 64.2 Å². The monoisotopic (exact) mass is 342 g/mol. The van der Waals surface area contributed by atoms with Gasteiger partial charge in [0.25, 0.3) is 5.56 Å². The second kappa shape index (κ2) is 5.62. The lowest BCUT2D eigenvalue weighted by atomic mass is 10.2. The fourth-order valence-electron chi connectivity index (χ4n) is 1.73. The van der Waals surface area contributed by atoms with Gasteiger partial charge in [-0.2, -0.15) is 4.39 Å². The summed E-state index contributed by atoms with van der Waals surface area (Å²) in [4.78, 5) is 17.9. The second-order valence-electron chi connectivity index (χ2n) is 4.00. The number of benzene rings is 1. The molecule has 106 valence electrons. The normalized spacial score (nSPS) is 10.4. The van der Waals surface area contributed by atoms with E-state index in [1.807, 2.05) is 0 Å². The van der Waals surface area contributed by atoms with Gasteiger partial charge in [-0.05, 0) is 35.0 Å². The zero-order chi connectivity index (χ0) is 14.9. The van der Waals surface area contributed by atoms with E-state index in [1.165, 1.54) is 21.1 Å². The lowest BCUT2D eigenvalue weighted by Crippen LogP contribution is -2.15. The molecule has 1 aromatic carbocycles. The van der Waals surface area contributed by atoms with Gasteiger partial charge in [0.2, 0.25) is 5.82 Å². The second-order valence-corrected chi connectivity index (χ2v) is 4.86. The summed E-state index contributed by atoms with van der Waals surface area (Å²) in [5.41, 5.74) is -0.206. The molecule has 1 heterocycles. The van der Waals surface area contributed by atoms with E-state index in [0.29, 0.717) is 21.5 Å². The third kappa shape index (κ3) is 2.53. The maximum absolute atomic E-state index is 13.3. The number of H-pyrrole nitrogens is 1. The highest BCUT2D eigenvalue weighted by atomic mass is 79.9. The molecule has 5 nitrogen and oxygen atoms in total. The van der Waals surface area contributed by atoms with Crippen LogP contribution < -0.4 is 15.0 Å². The molecule has 0 fully saturated rings. The van der Waals surface area contributed by atoms with Gasteiger partial charge in [0.15, 0.2) is 11.5 Å². The van der Waals surface area contributed by atoms with E-state index >= 15 is 0 Å². The molecule has 0 radical (unpaired) electrons. The van der Waals surface area contributed by atoms with Crippen molar-refractivity contribution in [2.45, 2.75) is 6.92 Å². The summed E-state index contributed by atoms with van der Waals surface area (Å²) in [6.07, 6.45) is 0. The average molecular weight is 343 g/mol. The number of methoxy groups -OCH3 is 2. The molecule has 0 aliphatic heterocycles. The lowest BCUT2D eigenvalue weighted by molar-refractivity contribution is 0.355. The first-order chi connectivity index (χ1) is 9.47. The molecule has 2 aromatic rings. The summed E-state index contributed by atoms with van der Waals surface area (Å²) in [7, 11) is 3.02. The molecule has 1 aromatic heterocycles. The summed E-state index contributed by atoms with van der Waals surface area (Å²) >= 11 is 3.36. The maximum Gasteiger partial charge on any atom is 0.287 e. The van der Waals surface area contributed by atoms with Crippen LogP contribution in [0.25, 0.3) is 11.4 Å². The van der Waals surface area contributed by atoms with Crippen molar-refractivity contribution >= 4 is 15.9 Å². The number of nitrogens with one attached hydrogen (secondary N) is 1. The molecule has 20 heavy (non-hydrogen) atoms. The quantitative estimate of drug-likeness (QED) is 0.931. The van der Waals surface area contributed by atoms with E-state index in [1.54, 1.807) is 12.1 Å². The average Bonchev–Trinajstić information content (AvgIpc) is 2.43. The van der Waals surface area contributed by atoms with Crippen LogP contribution >= 0.6 is 15.9 Å². The summed E-state index contributed by atoms with van der Waals surface area (Å²) in [5.74, 6) is 0.381. The summed E-state index contributed by atoms with van der Waals surface area (Å²) in [5, 5.41) is 0.